The van der Waals surface area contributed by atoms with E-state index in [1.807, 2.05) is 6.07 Å². The van der Waals surface area contributed by atoms with E-state index in [2.05, 4.69) is 10.3 Å². The lowest BCUT2D eigenvalue weighted by Crippen LogP contribution is -2.05. The predicted molar refractivity (Wildman–Crippen MR) is 46.5 cm³/mol. The minimum Gasteiger partial charge on any atom is -0.344 e. The lowest BCUT2D eigenvalue weighted by Gasteiger charge is -2.03. The first-order chi connectivity index (χ1) is 6.22. The molecule has 1 aromatic carbocycles. The monoisotopic (exact) mass is 176 g/mol. The summed E-state index contributed by atoms with van der Waals surface area (Å²) in [6.45, 7) is 1.30. The molecule has 4 heteroatoms. The van der Waals surface area contributed by atoms with Crippen molar-refractivity contribution in [3.8, 4) is 6.07 Å². The molecule has 0 aliphatic carbocycles. The highest BCUT2D eigenvalue weighted by Crippen LogP contribution is 2.08. The van der Waals surface area contributed by atoms with Gasteiger partial charge in [0, 0.05) is 6.92 Å². The Kier molecular flexibility index (Phi) is 2.87. The molecule has 0 radical (unpaired) electrons. The highest BCUT2D eigenvalue weighted by Gasteiger charge is 1.94. The van der Waals surface area contributed by atoms with Gasteiger partial charge < -0.3 is 4.84 Å². The maximum absolute atomic E-state index is 10.4. The molecule has 0 saturated heterocycles. The van der Waals surface area contributed by atoms with Gasteiger partial charge >= 0.3 is 5.97 Å². The number of hydrogen-bond acceptors (Lipinski definition) is 4. The second-order valence-electron chi connectivity index (χ2n) is 2.38. The van der Waals surface area contributed by atoms with Gasteiger partial charge in [0.1, 0.15) is 0 Å². The van der Waals surface area contributed by atoms with E-state index in [4.69, 9.17) is 5.26 Å². The van der Waals surface area contributed by atoms with Gasteiger partial charge in [-0.2, -0.15) is 5.26 Å². The number of benzene rings is 1. The van der Waals surface area contributed by atoms with Crippen molar-refractivity contribution in [3.63, 3.8) is 0 Å². The number of hydrogen-bond donors (Lipinski definition) is 1. The van der Waals surface area contributed by atoms with Crippen molar-refractivity contribution < 1.29 is 9.63 Å². The molecule has 0 unspecified atom stereocenters. The Labute approximate surface area is 75.7 Å². The van der Waals surface area contributed by atoms with E-state index in [0.29, 0.717) is 11.3 Å². The molecule has 0 spiro atoms. The normalized spacial score (nSPS) is 8.62. The summed E-state index contributed by atoms with van der Waals surface area (Å²) in [5.74, 6) is -0.413. The first kappa shape index (κ1) is 9.07. The van der Waals surface area contributed by atoms with Crippen LogP contribution in [0.3, 0.4) is 0 Å². The van der Waals surface area contributed by atoms with Gasteiger partial charge in [-0.25, -0.2) is 5.48 Å². The van der Waals surface area contributed by atoms with E-state index in [9.17, 15) is 4.79 Å². The van der Waals surface area contributed by atoms with E-state index in [1.165, 1.54) is 6.92 Å². The Morgan fingerprint density at radius 2 is 2.08 bits per heavy atom. The average molecular weight is 176 g/mol. The molecule has 66 valence electrons. The molecule has 0 atom stereocenters. The maximum Gasteiger partial charge on any atom is 0.329 e. The molecular weight excluding hydrogens is 168 g/mol. The van der Waals surface area contributed by atoms with Gasteiger partial charge in [0.15, 0.2) is 0 Å². The molecule has 0 aliphatic heterocycles. The summed E-state index contributed by atoms with van der Waals surface area (Å²) >= 11 is 0. The third-order valence-corrected chi connectivity index (χ3v) is 1.33. The summed E-state index contributed by atoms with van der Waals surface area (Å²) in [6.07, 6.45) is 0. The van der Waals surface area contributed by atoms with Crippen LogP contribution in [0.25, 0.3) is 0 Å². The number of nitrogens with zero attached hydrogens (tertiary/aromatic N) is 1. The van der Waals surface area contributed by atoms with Crippen molar-refractivity contribution in [3.05, 3.63) is 29.8 Å². The molecule has 1 rings (SSSR count). The quantitative estimate of drug-likeness (QED) is 0.692. The molecule has 4 nitrogen and oxygen atoms in total. The SMILES string of the molecule is CC(=O)ONc1ccc(C#N)cc1. The van der Waals surface area contributed by atoms with Gasteiger partial charge in [-0.3, -0.25) is 4.79 Å². The van der Waals surface area contributed by atoms with Crippen LogP contribution in [-0.2, 0) is 9.63 Å². The fourth-order valence-electron chi connectivity index (χ4n) is 0.744. The van der Waals surface area contributed by atoms with Crippen molar-refractivity contribution in [1.29, 1.82) is 5.26 Å². The Balaban J connectivity index is 2.60. The van der Waals surface area contributed by atoms with E-state index >= 15 is 0 Å². The molecule has 0 saturated carbocycles. The molecule has 0 amide bonds. The lowest BCUT2D eigenvalue weighted by molar-refractivity contribution is -0.138. The van der Waals surface area contributed by atoms with Crippen LogP contribution in [0.2, 0.25) is 0 Å². The largest absolute Gasteiger partial charge is 0.344 e. The number of carbonyl (C=O) groups excluding carboxylic acids is 1. The molecule has 0 aliphatic rings. The second kappa shape index (κ2) is 4.12. The minimum atomic E-state index is -0.413. The van der Waals surface area contributed by atoms with Crippen LogP contribution in [-0.4, -0.2) is 5.97 Å². The molecular formula is C9H8N2O2. The van der Waals surface area contributed by atoms with Gasteiger partial charge in [0.25, 0.3) is 0 Å². The summed E-state index contributed by atoms with van der Waals surface area (Å²) in [5, 5.41) is 8.49. The molecule has 0 aromatic heterocycles. The van der Waals surface area contributed by atoms with Gasteiger partial charge in [-0.1, -0.05) is 0 Å². The zero-order valence-corrected chi connectivity index (χ0v) is 7.07. The maximum atomic E-state index is 10.4. The van der Waals surface area contributed by atoms with Crippen LogP contribution in [0.1, 0.15) is 12.5 Å². The fraction of sp³-hybridized carbons (Fsp3) is 0.111. The summed E-state index contributed by atoms with van der Waals surface area (Å²) in [6, 6.07) is 8.55. The van der Waals surface area contributed by atoms with Crippen LogP contribution in [0.15, 0.2) is 24.3 Å². The third kappa shape index (κ3) is 2.83. The van der Waals surface area contributed by atoms with Crippen LogP contribution in [0.5, 0.6) is 0 Å². The number of rotatable bonds is 2. The smallest absolute Gasteiger partial charge is 0.329 e. The molecule has 0 fully saturated rings. The van der Waals surface area contributed by atoms with Gasteiger partial charge in [-0.15, -0.1) is 0 Å². The number of nitrogens with one attached hydrogen (secondary N) is 1. The predicted octanol–water partition coefficient (Wildman–Crippen LogP) is 1.45. The number of anilines is 1. The van der Waals surface area contributed by atoms with Crippen LogP contribution < -0.4 is 5.48 Å². The lowest BCUT2D eigenvalue weighted by atomic mass is 10.2. The van der Waals surface area contributed by atoms with Crippen LogP contribution in [0.4, 0.5) is 5.69 Å². The topological polar surface area (TPSA) is 62.1 Å². The Morgan fingerprint density at radius 3 is 2.54 bits per heavy atom. The summed E-state index contributed by atoms with van der Waals surface area (Å²) in [7, 11) is 0. The van der Waals surface area contributed by atoms with E-state index in [0.717, 1.165) is 0 Å². The zero-order chi connectivity index (χ0) is 9.68. The van der Waals surface area contributed by atoms with E-state index in [1.54, 1.807) is 24.3 Å². The van der Waals surface area contributed by atoms with Gasteiger partial charge in [0.2, 0.25) is 0 Å². The number of nitriles is 1. The first-order valence-corrected chi connectivity index (χ1v) is 3.66. The molecule has 13 heavy (non-hydrogen) atoms. The fourth-order valence-corrected chi connectivity index (χ4v) is 0.744. The summed E-state index contributed by atoms with van der Waals surface area (Å²) in [4.78, 5) is 14.9. The highest BCUT2D eigenvalue weighted by molar-refractivity contribution is 5.67. The highest BCUT2D eigenvalue weighted by atomic mass is 16.7. The van der Waals surface area contributed by atoms with Crippen LogP contribution >= 0.6 is 0 Å². The average Bonchev–Trinajstić information content (AvgIpc) is 2.15. The third-order valence-electron chi connectivity index (χ3n) is 1.33. The first-order valence-electron chi connectivity index (χ1n) is 3.66. The van der Waals surface area contributed by atoms with Crippen molar-refractivity contribution in [2.45, 2.75) is 6.92 Å². The zero-order valence-electron chi connectivity index (χ0n) is 7.07. The molecule has 1 N–H and O–H groups in total. The molecule has 1 aromatic rings. The van der Waals surface area contributed by atoms with Crippen molar-refractivity contribution in [2.75, 3.05) is 5.48 Å². The van der Waals surface area contributed by atoms with Gasteiger partial charge in [0.05, 0.1) is 17.3 Å². The van der Waals surface area contributed by atoms with E-state index in [-0.39, 0.29) is 0 Å². The van der Waals surface area contributed by atoms with Crippen molar-refractivity contribution in [1.82, 2.24) is 0 Å². The second-order valence-corrected chi connectivity index (χ2v) is 2.38. The van der Waals surface area contributed by atoms with E-state index < -0.39 is 5.97 Å². The van der Waals surface area contributed by atoms with Crippen molar-refractivity contribution >= 4 is 11.7 Å². The number of carbonyl (C=O) groups is 1. The molecule has 0 heterocycles. The summed E-state index contributed by atoms with van der Waals surface area (Å²) < 4.78 is 0. The summed E-state index contributed by atoms with van der Waals surface area (Å²) in [5.41, 5.74) is 3.63. The van der Waals surface area contributed by atoms with Gasteiger partial charge in [-0.05, 0) is 24.3 Å². The Hall–Kier alpha value is -2.02. The Morgan fingerprint density at radius 1 is 1.46 bits per heavy atom. The molecule has 0 bridgehead atoms. The van der Waals surface area contributed by atoms with Crippen LogP contribution in [0, 0.1) is 11.3 Å². The standard InChI is InChI=1S/C9H8N2O2/c1-7(12)13-11-9-4-2-8(6-10)3-5-9/h2-5,11H,1H3. The van der Waals surface area contributed by atoms with Crippen molar-refractivity contribution in [2.24, 2.45) is 0 Å². The Bertz CT molecular complexity index is 338. The minimum absolute atomic E-state index is 0.413.